The maximum Gasteiger partial charge on any atom is 0.511 e. The Labute approximate surface area is 183 Å². The zero-order chi connectivity index (χ0) is 23.3. The second-order valence-electron chi connectivity index (χ2n) is 7.08. The second-order valence-corrected chi connectivity index (χ2v) is 8.19. The molecular weight excluding hydrogens is 434 g/mol. The Morgan fingerprint density at radius 3 is 2.48 bits per heavy atom. The second kappa shape index (κ2) is 10.4. The molecule has 0 aliphatic carbocycles. The molecule has 2 unspecified atom stereocenters. The largest absolute Gasteiger partial charge is 0.511 e. The Bertz CT molecular complexity index is 783. The van der Waals surface area contributed by atoms with Crippen LogP contribution in [0.5, 0.6) is 0 Å². The van der Waals surface area contributed by atoms with Crippen molar-refractivity contribution in [2.24, 2.45) is 0 Å². The van der Waals surface area contributed by atoms with Crippen LogP contribution in [0.4, 0.5) is 9.59 Å². The third-order valence-corrected chi connectivity index (χ3v) is 5.43. The van der Waals surface area contributed by atoms with E-state index in [1.54, 1.807) is 13.8 Å². The van der Waals surface area contributed by atoms with Crippen molar-refractivity contribution in [1.82, 2.24) is 15.1 Å². The number of esters is 1. The minimum Gasteiger partial charge on any atom is -0.445 e. The van der Waals surface area contributed by atoms with Crippen LogP contribution in [0.3, 0.4) is 0 Å². The van der Waals surface area contributed by atoms with Gasteiger partial charge in [0.25, 0.3) is 5.91 Å². The van der Waals surface area contributed by atoms with Crippen LogP contribution >= 0.6 is 11.8 Å². The summed E-state index contributed by atoms with van der Waals surface area (Å²) >= 11 is 1.30. The molecule has 31 heavy (non-hydrogen) atoms. The van der Waals surface area contributed by atoms with E-state index in [4.69, 9.17) is 18.9 Å². The molecule has 0 saturated carbocycles. The molecule has 1 N–H and O–H groups in total. The summed E-state index contributed by atoms with van der Waals surface area (Å²) < 4.78 is 20.0. The molecule has 13 heteroatoms. The number of thioether (sulfide) groups is 1. The number of fused-ring (bicyclic) bond motifs is 1. The van der Waals surface area contributed by atoms with Crippen molar-refractivity contribution in [3.05, 3.63) is 11.3 Å². The van der Waals surface area contributed by atoms with Crippen molar-refractivity contribution in [3.8, 4) is 0 Å². The third-order valence-electron chi connectivity index (χ3n) is 4.09. The maximum atomic E-state index is 12.8. The summed E-state index contributed by atoms with van der Waals surface area (Å²) in [6.07, 6.45) is -2.96. The molecule has 1 saturated heterocycles. The molecule has 0 spiro atoms. The number of β-lactam (4-membered cyclic amide) rings is 1. The summed E-state index contributed by atoms with van der Waals surface area (Å²) in [7, 11) is 3.00. The molecule has 0 bridgehead atoms. The van der Waals surface area contributed by atoms with Gasteiger partial charge in [0.15, 0.2) is 0 Å². The lowest BCUT2D eigenvalue weighted by Crippen LogP contribution is -2.69. The van der Waals surface area contributed by atoms with E-state index in [2.05, 4.69) is 5.32 Å². The quantitative estimate of drug-likeness (QED) is 0.178. The van der Waals surface area contributed by atoms with Crippen molar-refractivity contribution in [1.29, 1.82) is 0 Å². The molecule has 0 radical (unpaired) electrons. The third kappa shape index (κ3) is 5.81. The number of nitrogens with one attached hydrogen (secondary N) is 1. The zero-order valence-electron chi connectivity index (χ0n) is 17.8. The van der Waals surface area contributed by atoms with E-state index in [0.717, 1.165) is 0 Å². The van der Waals surface area contributed by atoms with Gasteiger partial charge in [-0.05, 0) is 13.8 Å². The molecule has 0 aromatic carbocycles. The molecule has 2 aliphatic rings. The molecule has 2 rings (SSSR count). The lowest BCUT2D eigenvalue weighted by Gasteiger charge is -2.49. The van der Waals surface area contributed by atoms with Gasteiger partial charge in [0.1, 0.15) is 23.7 Å². The van der Waals surface area contributed by atoms with E-state index in [0.29, 0.717) is 12.0 Å². The Hall–Kier alpha value is -2.96. The predicted octanol–water partition coefficient (Wildman–Crippen LogP) is 0.419. The highest BCUT2D eigenvalue weighted by molar-refractivity contribution is 8.00. The van der Waals surface area contributed by atoms with Crippen LogP contribution < -0.4 is 5.32 Å². The first-order valence-corrected chi connectivity index (χ1v) is 10.4. The molecule has 2 aliphatic heterocycles. The van der Waals surface area contributed by atoms with Crippen LogP contribution in [-0.2, 0) is 33.3 Å². The molecule has 0 aromatic heterocycles. The predicted molar refractivity (Wildman–Crippen MR) is 106 cm³/mol. The van der Waals surface area contributed by atoms with Crippen molar-refractivity contribution < 1.29 is 42.9 Å². The number of carbonyl (C=O) groups excluding carboxylic acids is 5. The number of hydrogen-bond acceptors (Lipinski definition) is 10. The van der Waals surface area contributed by atoms with E-state index in [-0.39, 0.29) is 18.1 Å². The van der Waals surface area contributed by atoms with Crippen LogP contribution in [0, 0.1) is 0 Å². The number of rotatable bonds is 8. The molecule has 12 nitrogen and oxygen atoms in total. The van der Waals surface area contributed by atoms with E-state index in [9.17, 15) is 24.0 Å². The molecule has 1 fully saturated rings. The highest BCUT2D eigenvalue weighted by Gasteiger charge is 2.54. The van der Waals surface area contributed by atoms with Crippen molar-refractivity contribution in [3.63, 3.8) is 0 Å². The Morgan fingerprint density at radius 1 is 1.23 bits per heavy atom. The normalized spacial score (nSPS) is 20.8. The summed E-state index contributed by atoms with van der Waals surface area (Å²) in [5.41, 5.74) is 0.230. The average Bonchev–Trinajstić information content (AvgIpc) is 2.68. The molecule has 3 atom stereocenters. The lowest BCUT2D eigenvalue weighted by atomic mass is 10.0. The first-order valence-electron chi connectivity index (χ1n) is 9.35. The summed E-state index contributed by atoms with van der Waals surface area (Å²) in [6.45, 7) is 4.32. The average molecular weight is 459 g/mol. The number of carbonyl (C=O) groups is 5. The first kappa shape index (κ1) is 24.3. The van der Waals surface area contributed by atoms with Gasteiger partial charge < -0.3 is 29.2 Å². The maximum absolute atomic E-state index is 12.8. The van der Waals surface area contributed by atoms with E-state index in [1.807, 2.05) is 0 Å². The fourth-order valence-corrected chi connectivity index (χ4v) is 4.08. The zero-order valence-corrected chi connectivity index (χ0v) is 18.6. The number of ether oxygens (including phenoxy) is 4. The number of amides is 3. The molecular formula is C18H25N3O9S. The van der Waals surface area contributed by atoms with Crippen molar-refractivity contribution in [2.75, 3.05) is 26.5 Å². The highest BCUT2D eigenvalue weighted by Crippen LogP contribution is 2.40. The van der Waals surface area contributed by atoms with Crippen LogP contribution in [0.15, 0.2) is 11.3 Å². The van der Waals surface area contributed by atoms with Gasteiger partial charge in [-0.2, -0.15) is 0 Å². The van der Waals surface area contributed by atoms with Crippen molar-refractivity contribution >= 4 is 42.3 Å². The van der Waals surface area contributed by atoms with Crippen LogP contribution in [0.2, 0.25) is 0 Å². The summed E-state index contributed by atoms with van der Waals surface area (Å²) in [6, 6.07) is -0.786. The highest BCUT2D eigenvalue weighted by atomic mass is 32.2. The molecule has 0 aromatic rings. The first-order chi connectivity index (χ1) is 14.6. The van der Waals surface area contributed by atoms with Gasteiger partial charge in [-0.1, -0.05) is 0 Å². The van der Waals surface area contributed by atoms with Gasteiger partial charge in [-0.15, -0.1) is 11.8 Å². The Kier molecular flexibility index (Phi) is 8.14. The number of nitrogens with zero attached hydrogens (tertiary/aromatic N) is 2. The monoisotopic (exact) mass is 459 g/mol. The van der Waals surface area contributed by atoms with E-state index in [1.165, 1.54) is 42.6 Å². The Balaban J connectivity index is 2.19. The molecule has 3 amide bonds. The standard InChI is InChI=1S/C18H25N3O9S/c1-9(2)28-18(26)30-10(3)29-16(24)13-11(6-27-17(25)20(4)5)7-31-15-12(19-8-22)14(23)21(13)15/h8-10,12,15H,6-7H2,1-5H3,(H,19,22)/t10?,12?,15-/m0/s1. The summed E-state index contributed by atoms with van der Waals surface area (Å²) in [5, 5.41) is 1.89. The minimum absolute atomic E-state index is 0.114. The topological polar surface area (TPSA) is 141 Å². The van der Waals surface area contributed by atoms with Crippen LogP contribution in [0.1, 0.15) is 20.8 Å². The van der Waals surface area contributed by atoms with Crippen molar-refractivity contribution in [2.45, 2.75) is 44.6 Å². The van der Waals surface area contributed by atoms with Gasteiger partial charge in [0.05, 0.1) is 6.10 Å². The van der Waals surface area contributed by atoms with Gasteiger partial charge >= 0.3 is 18.2 Å². The Morgan fingerprint density at radius 2 is 1.90 bits per heavy atom. The van der Waals surface area contributed by atoms with Crippen LogP contribution in [0.25, 0.3) is 0 Å². The van der Waals surface area contributed by atoms with Gasteiger partial charge in [-0.3, -0.25) is 14.5 Å². The van der Waals surface area contributed by atoms with Crippen LogP contribution in [-0.4, -0.2) is 90.6 Å². The smallest absolute Gasteiger partial charge is 0.445 e. The SMILES string of the molecule is CC(C)OC(=O)OC(C)OC(=O)C1=C(COC(=O)N(C)C)CS[C@H]2C(NC=O)C(=O)N12. The van der Waals surface area contributed by atoms with Gasteiger partial charge in [0.2, 0.25) is 12.7 Å². The molecule has 172 valence electrons. The van der Waals surface area contributed by atoms with Gasteiger partial charge in [-0.25, -0.2) is 14.4 Å². The van der Waals surface area contributed by atoms with E-state index < -0.39 is 47.9 Å². The summed E-state index contributed by atoms with van der Waals surface area (Å²) in [5.74, 6) is -1.20. The number of hydrogen-bond donors (Lipinski definition) is 1. The van der Waals surface area contributed by atoms with Gasteiger partial charge in [0, 0.05) is 32.3 Å². The lowest BCUT2D eigenvalue weighted by molar-refractivity contribution is -0.169. The fraction of sp³-hybridized carbons (Fsp3) is 0.611. The summed E-state index contributed by atoms with van der Waals surface area (Å²) in [4.78, 5) is 61.9. The fourth-order valence-electron chi connectivity index (χ4n) is 2.74. The molecule has 2 heterocycles. The minimum atomic E-state index is -1.30. The van der Waals surface area contributed by atoms with E-state index >= 15 is 0 Å².